The van der Waals surface area contributed by atoms with E-state index in [0.29, 0.717) is 24.7 Å². The number of fused-ring (bicyclic) bond motifs is 2. The number of urea groups is 1. The molecule has 0 aliphatic carbocycles. The summed E-state index contributed by atoms with van der Waals surface area (Å²) >= 11 is 0. The van der Waals surface area contributed by atoms with Crippen LogP contribution in [-0.2, 0) is 11.3 Å². The second-order valence-electron chi connectivity index (χ2n) is 5.85. The van der Waals surface area contributed by atoms with Gasteiger partial charge in [0.25, 0.3) is 0 Å². The lowest BCUT2D eigenvalue weighted by atomic mass is 10.0. The van der Waals surface area contributed by atoms with Crippen molar-refractivity contribution in [3.63, 3.8) is 0 Å². The molecule has 2 saturated heterocycles. The van der Waals surface area contributed by atoms with Crippen LogP contribution in [0.4, 0.5) is 4.79 Å². The van der Waals surface area contributed by atoms with Crippen molar-refractivity contribution in [2.24, 2.45) is 0 Å². The number of hydrogen-bond acceptors (Lipinski definition) is 5. The van der Waals surface area contributed by atoms with Gasteiger partial charge in [-0.15, -0.1) is 23.0 Å². The third-order valence-corrected chi connectivity index (χ3v) is 4.36. The molecule has 1 aromatic heterocycles. The van der Waals surface area contributed by atoms with E-state index in [9.17, 15) is 4.79 Å². The zero-order valence-corrected chi connectivity index (χ0v) is 17.0. The quantitative estimate of drug-likeness (QED) is 0.522. The number of carbonyl (C=O) groups is 1. The summed E-state index contributed by atoms with van der Waals surface area (Å²) in [4.78, 5) is 20.2. The van der Waals surface area contributed by atoms with E-state index < -0.39 is 0 Å². The molecular formula is C21H30N4O3. The van der Waals surface area contributed by atoms with Crippen LogP contribution < -0.4 is 0 Å². The number of hydroxylamine groups is 2. The minimum absolute atomic E-state index is 0.0529. The molecule has 0 N–H and O–H groups in total. The Kier molecular flexibility index (Phi) is 9.75. The van der Waals surface area contributed by atoms with Crippen LogP contribution in [0, 0.1) is 12.8 Å². The van der Waals surface area contributed by atoms with Gasteiger partial charge in [0, 0.05) is 13.0 Å². The number of hydrogen-bond donors (Lipinski definition) is 0. The van der Waals surface area contributed by atoms with E-state index in [1.807, 2.05) is 26.8 Å². The standard InChI is InChI=1S/C17H22N4O3.C2H6.C2H2/c1-4-7-12(5-2)11-23-21-13-8-9-14(20(10-13)17(21)22)16-19-18-15(6-3)24-16;2*1-2/h4-5,7,13-14H,1-2,6,8-11H2,3H3;1-2H3;1-2H/b12-7+;;/t13-,14+;;/m1../s1. The van der Waals surface area contributed by atoms with E-state index in [2.05, 4.69) is 36.2 Å². The summed E-state index contributed by atoms with van der Waals surface area (Å²) in [6, 6.07) is -0.268. The molecule has 2 aliphatic heterocycles. The fourth-order valence-electron chi connectivity index (χ4n) is 3.07. The van der Waals surface area contributed by atoms with Crippen LogP contribution in [0.15, 0.2) is 41.4 Å². The van der Waals surface area contributed by atoms with Gasteiger partial charge in [-0.3, -0.25) is 4.84 Å². The molecular weight excluding hydrogens is 356 g/mol. The summed E-state index contributed by atoms with van der Waals surface area (Å²) in [5.41, 5.74) is 0.871. The Morgan fingerprint density at radius 1 is 1.32 bits per heavy atom. The highest BCUT2D eigenvalue weighted by Crippen LogP contribution is 2.38. The molecule has 1 aromatic rings. The van der Waals surface area contributed by atoms with Crippen LogP contribution >= 0.6 is 0 Å². The molecule has 0 saturated carbocycles. The minimum Gasteiger partial charge on any atom is -0.423 e. The molecule has 28 heavy (non-hydrogen) atoms. The number of terminal acetylenes is 1. The smallest absolute Gasteiger partial charge is 0.345 e. The maximum atomic E-state index is 12.7. The molecule has 0 radical (unpaired) electrons. The third-order valence-electron chi connectivity index (χ3n) is 4.36. The van der Waals surface area contributed by atoms with Crippen molar-refractivity contribution in [3.05, 3.63) is 48.7 Å². The third kappa shape index (κ3) is 5.11. The molecule has 2 fully saturated rings. The van der Waals surface area contributed by atoms with Gasteiger partial charge in [0.1, 0.15) is 12.6 Å². The first-order chi connectivity index (χ1) is 13.7. The molecule has 3 heterocycles. The molecule has 0 spiro atoms. The zero-order chi connectivity index (χ0) is 21.1. The van der Waals surface area contributed by atoms with Gasteiger partial charge >= 0.3 is 6.03 Å². The number of carbonyl (C=O) groups excluding carboxylic acids is 1. The van der Waals surface area contributed by atoms with Gasteiger partial charge in [0.2, 0.25) is 11.8 Å². The Labute approximate surface area is 167 Å². The molecule has 2 atom stereocenters. The molecule has 7 heteroatoms. The number of piperidine rings is 1. The minimum atomic E-state index is -0.169. The highest BCUT2D eigenvalue weighted by molar-refractivity contribution is 5.77. The molecule has 152 valence electrons. The summed E-state index contributed by atoms with van der Waals surface area (Å²) in [7, 11) is 0. The van der Waals surface area contributed by atoms with Gasteiger partial charge < -0.3 is 9.32 Å². The van der Waals surface area contributed by atoms with Crippen LogP contribution in [0.1, 0.15) is 51.4 Å². The first-order valence-electron chi connectivity index (χ1n) is 9.50. The van der Waals surface area contributed by atoms with Gasteiger partial charge in [-0.1, -0.05) is 52.2 Å². The number of nitrogens with zero attached hydrogens (tertiary/aromatic N) is 4. The molecule has 0 unspecified atom stereocenters. The highest BCUT2D eigenvalue weighted by atomic mass is 16.7. The molecule has 0 aromatic carbocycles. The van der Waals surface area contributed by atoms with E-state index in [-0.39, 0.29) is 24.7 Å². The molecule has 2 amide bonds. The first-order valence-corrected chi connectivity index (χ1v) is 9.50. The average molecular weight is 386 g/mol. The number of aromatic nitrogens is 2. The van der Waals surface area contributed by atoms with Crippen molar-refractivity contribution < 1.29 is 14.0 Å². The van der Waals surface area contributed by atoms with Gasteiger partial charge in [-0.25, -0.2) is 4.79 Å². The molecule has 7 nitrogen and oxygen atoms in total. The summed E-state index contributed by atoms with van der Waals surface area (Å²) < 4.78 is 5.65. The predicted octanol–water partition coefficient (Wildman–Crippen LogP) is 4.08. The molecule has 3 rings (SSSR count). The van der Waals surface area contributed by atoms with Crippen LogP contribution in [0.2, 0.25) is 0 Å². The highest BCUT2D eigenvalue weighted by Gasteiger charge is 2.47. The summed E-state index contributed by atoms with van der Waals surface area (Å²) in [6.07, 6.45) is 15.5. The largest absolute Gasteiger partial charge is 0.423 e. The van der Waals surface area contributed by atoms with E-state index >= 15 is 0 Å². The maximum absolute atomic E-state index is 12.7. The second kappa shape index (κ2) is 11.8. The molecule has 2 aliphatic rings. The Hall–Kier alpha value is -2.85. The van der Waals surface area contributed by atoms with Crippen molar-refractivity contribution in [3.8, 4) is 12.8 Å². The number of aryl methyl sites for hydroxylation is 1. The summed E-state index contributed by atoms with van der Waals surface area (Å²) in [5, 5.41) is 9.57. The SMILES string of the molecule is C#C.C=C/C=C(\C=C)CON1C(=O)N2C[C@H]1CC[C@H]2c1nnc(CC)o1.CC. The monoisotopic (exact) mass is 386 g/mol. The summed E-state index contributed by atoms with van der Waals surface area (Å²) in [6.45, 7) is 14.3. The lowest BCUT2D eigenvalue weighted by Gasteiger charge is -2.27. The maximum Gasteiger partial charge on any atom is 0.345 e. The van der Waals surface area contributed by atoms with Crippen LogP contribution in [0.3, 0.4) is 0 Å². The van der Waals surface area contributed by atoms with Crippen LogP contribution in [-0.4, -0.2) is 45.4 Å². The Balaban J connectivity index is 0.000000921. The van der Waals surface area contributed by atoms with Crippen molar-refractivity contribution >= 4 is 6.03 Å². The van der Waals surface area contributed by atoms with E-state index in [0.717, 1.165) is 18.4 Å². The van der Waals surface area contributed by atoms with Crippen molar-refractivity contribution in [2.75, 3.05) is 13.2 Å². The van der Waals surface area contributed by atoms with E-state index in [1.165, 1.54) is 5.06 Å². The Morgan fingerprint density at radius 2 is 2.04 bits per heavy atom. The fraction of sp³-hybridized carbons (Fsp3) is 0.476. The lowest BCUT2D eigenvalue weighted by molar-refractivity contribution is -0.119. The van der Waals surface area contributed by atoms with Crippen molar-refractivity contribution in [1.82, 2.24) is 20.2 Å². The van der Waals surface area contributed by atoms with Gasteiger partial charge in [0.15, 0.2) is 0 Å². The van der Waals surface area contributed by atoms with Crippen LogP contribution in [0.25, 0.3) is 0 Å². The van der Waals surface area contributed by atoms with Gasteiger partial charge in [-0.2, -0.15) is 5.06 Å². The fourth-order valence-corrected chi connectivity index (χ4v) is 3.07. The number of amides is 2. The summed E-state index contributed by atoms with van der Waals surface area (Å²) in [5.74, 6) is 1.11. The number of rotatable bonds is 7. The van der Waals surface area contributed by atoms with E-state index in [1.54, 1.807) is 17.1 Å². The Bertz CT molecular complexity index is 708. The van der Waals surface area contributed by atoms with Gasteiger partial charge in [-0.05, 0) is 18.4 Å². The molecule has 2 bridgehead atoms. The van der Waals surface area contributed by atoms with Crippen molar-refractivity contribution in [1.29, 1.82) is 0 Å². The second-order valence-corrected chi connectivity index (χ2v) is 5.85. The van der Waals surface area contributed by atoms with Gasteiger partial charge in [0.05, 0.1) is 6.04 Å². The predicted molar refractivity (Wildman–Crippen MR) is 109 cm³/mol. The van der Waals surface area contributed by atoms with E-state index in [4.69, 9.17) is 9.25 Å². The topological polar surface area (TPSA) is 71.7 Å². The number of allylic oxidation sites excluding steroid dienone is 2. The van der Waals surface area contributed by atoms with Crippen molar-refractivity contribution in [2.45, 2.75) is 52.1 Å². The zero-order valence-electron chi connectivity index (χ0n) is 17.0. The normalized spacial score (nSPS) is 20.6. The van der Waals surface area contributed by atoms with Crippen LogP contribution in [0.5, 0.6) is 0 Å². The Morgan fingerprint density at radius 3 is 2.61 bits per heavy atom. The lowest BCUT2D eigenvalue weighted by Crippen LogP contribution is -2.34. The average Bonchev–Trinajstić information content (AvgIpc) is 3.33. The first kappa shape index (κ1) is 23.2.